The zero-order chi connectivity index (χ0) is 28.1. The molecule has 0 amide bonds. The maximum atomic E-state index is 5.20. The Balaban J connectivity index is 1.53. The number of aryl methyl sites for hydroxylation is 1. The Morgan fingerprint density at radius 2 is 1.80 bits per heavy atom. The molecule has 40 heavy (non-hydrogen) atoms. The van der Waals surface area contributed by atoms with Crippen molar-refractivity contribution in [2.75, 3.05) is 32.0 Å². The maximum absolute atomic E-state index is 5.20. The molecule has 5 rings (SSSR count). The molecule has 4 aromatic rings. The highest BCUT2D eigenvalue weighted by Gasteiger charge is 2.19. The van der Waals surface area contributed by atoms with Crippen LogP contribution in [0.2, 0.25) is 0 Å². The van der Waals surface area contributed by atoms with E-state index in [0.717, 1.165) is 73.5 Å². The highest BCUT2D eigenvalue weighted by Crippen LogP contribution is 2.33. The number of rotatable bonds is 8. The van der Waals surface area contributed by atoms with Gasteiger partial charge in [0.15, 0.2) is 0 Å². The van der Waals surface area contributed by atoms with E-state index in [4.69, 9.17) is 9.97 Å². The lowest BCUT2D eigenvalue weighted by molar-refractivity contribution is 0.330. The maximum Gasteiger partial charge on any atom is 0.223 e. The van der Waals surface area contributed by atoms with Crippen LogP contribution < -0.4 is 5.32 Å². The minimum absolute atomic E-state index is 0.131. The fourth-order valence-electron chi connectivity index (χ4n) is 5.38. The second kappa shape index (κ2) is 12.3. The Labute approximate surface area is 239 Å². The fourth-order valence-corrected chi connectivity index (χ4v) is 5.38. The van der Waals surface area contributed by atoms with E-state index in [-0.39, 0.29) is 5.41 Å². The van der Waals surface area contributed by atoms with Gasteiger partial charge in [0.25, 0.3) is 0 Å². The van der Waals surface area contributed by atoms with Gasteiger partial charge < -0.3 is 10.2 Å². The van der Waals surface area contributed by atoms with Gasteiger partial charge in [-0.05, 0) is 80.4 Å². The van der Waals surface area contributed by atoms with Gasteiger partial charge >= 0.3 is 0 Å². The van der Waals surface area contributed by atoms with Crippen LogP contribution in [-0.4, -0.2) is 50.9 Å². The third-order valence-electron chi connectivity index (χ3n) is 7.54. The summed E-state index contributed by atoms with van der Waals surface area (Å²) < 4.78 is 2.19. The van der Waals surface area contributed by atoms with Gasteiger partial charge in [0, 0.05) is 31.0 Å². The number of imidazole rings is 1. The van der Waals surface area contributed by atoms with Crippen LogP contribution in [0.15, 0.2) is 66.5 Å². The summed E-state index contributed by atoms with van der Waals surface area (Å²) in [5, 5.41) is 3.42. The number of hydrogen-bond donors (Lipinski definition) is 1. The van der Waals surface area contributed by atoms with Crippen LogP contribution in [0.1, 0.15) is 64.5 Å². The van der Waals surface area contributed by atoms with E-state index >= 15 is 0 Å². The van der Waals surface area contributed by atoms with Crippen molar-refractivity contribution in [3.63, 3.8) is 0 Å². The van der Waals surface area contributed by atoms with Crippen molar-refractivity contribution < 1.29 is 0 Å². The third kappa shape index (κ3) is 6.97. The van der Waals surface area contributed by atoms with Gasteiger partial charge in [0.2, 0.25) is 5.95 Å². The number of anilines is 1. The molecular weight excluding hydrogens is 492 g/mol. The monoisotopic (exact) mass is 536 g/mol. The molecule has 0 spiro atoms. The third-order valence-corrected chi connectivity index (χ3v) is 7.54. The lowest BCUT2D eigenvalue weighted by atomic mass is 9.97. The summed E-state index contributed by atoms with van der Waals surface area (Å²) >= 11 is 0. The largest absolute Gasteiger partial charge is 0.354 e. The van der Waals surface area contributed by atoms with Crippen LogP contribution in [0.25, 0.3) is 28.3 Å². The van der Waals surface area contributed by atoms with Gasteiger partial charge in [-0.2, -0.15) is 0 Å². The Bertz CT molecular complexity index is 1460. The molecule has 0 bridgehead atoms. The average molecular weight is 537 g/mol. The minimum Gasteiger partial charge on any atom is -0.354 e. The molecule has 4 heterocycles. The molecule has 0 unspecified atom stereocenters. The molecule has 6 nitrogen and oxygen atoms in total. The smallest absolute Gasteiger partial charge is 0.223 e. The molecule has 1 aliphatic rings. The number of nitrogens with one attached hydrogen (secondary N) is 1. The molecule has 0 saturated heterocycles. The number of hydrogen-bond acceptors (Lipinski definition) is 5. The number of aromatic nitrogens is 4. The lowest BCUT2D eigenvalue weighted by Crippen LogP contribution is -2.22. The number of pyridine rings is 1. The molecule has 1 aromatic carbocycles. The van der Waals surface area contributed by atoms with Gasteiger partial charge in [0.05, 0.1) is 17.1 Å². The SMILES string of the molecule is CCCc1ccc(-c2nc3cc(C/C4=C\CCN(C)CCC4)ccn3c2-c2ccnc(NCC(C)(C)C)n2)cc1. The molecule has 0 aliphatic carbocycles. The van der Waals surface area contributed by atoms with E-state index in [9.17, 15) is 0 Å². The van der Waals surface area contributed by atoms with Crippen molar-refractivity contribution in [2.45, 2.75) is 66.2 Å². The van der Waals surface area contributed by atoms with Crippen molar-refractivity contribution in [1.29, 1.82) is 0 Å². The molecule has 6 heteroatoms. The Morgan fingerprint density at radius 3 is 2.58 bits per heavy atom. The van der Waals surface area contributed by atoms with Crippen LogP contribution >= 0.6 is 0 Å². The summed E-state index contributed by atoms with van der Waals surface area (Å²) in [5.41, 5.74) is 9.22. The summed E-state index contributed by atoms with van der Waals surface area (Å²) in [5.74, 6) is 0.644. The molecule has 0 saturated carbocycles. The van der Waals surface area contributed by atoms with Gasteiger partial charge in [-0.25, -0.2) is 15.0 Å². The van der Waals surface area contributed by atoms with Gasteiger partial charge in [-0.15, -0.1) is 0 Å². The van der Waals surface area contributed by atoms with Crippen LogP contribution in [0.4, 0.5) is 5.95 Å². The van der Waals surface area contributed by atoms with Crippen molar-refractivity contribution in [3.05, 3.63) is 77.6 Å². The zero-order valence-corrected chi connectivity index (χ0v) is 24.9. The highest BCUT2D eigenvalue weighted by molar-refractivity contribution is 5.81. The summed E-state index contributed by atoms with van der Waals surface area (Å²) in [6.07, 6.45) is 13.2. The number of allylic oxidation sites excluding steroid dienone is 1. The molecule has 0 atom stereocenters. The molecular formula is C34H44N6. The van der Waals surface area contributed by atoms with Gasteiger partial charge in [0.1, 0.15) is 5.65 Å². The first kappa shape index (κ1) is 28.0. The summed E-state index contributed by atoms with van der Waals surface area (Å²) in [7, 11) is 2.22. The zero-order valence-electron chi connectivity index (χ0n) is 24.9. The van der Waals surface area contributed by atoms with Crippen molar-refractivity contribution in [2.24, 2.45) is 5.41 Å². The molecule has 0 fully saturated rings. The van der Waals surface area contributed by atoms with Crippen molar-refractivity contribution in [3.8, 4) is 22.6 Å². The normalized spacial score (nSPS) is 16.4. The molecule has 1 N–H and O–H groups in total. The summed E-state index contributed by atoms with van der Waals surface area (Å²) in [4.78, 5) is 17.1. The predicted octanol–water partition coefficient (Wildman–Crippen LogP) is 7.45. The summed E-state index contributed by atoms with van der Waals surface area (Å²) in [6, 6.07) is 15.4. The lowest BCUT2D eigenvalue weighted by Gasteiger charge is -2.19. The standard InChI is InChI=1S/C34H44N6/c1-6-9-25-12-14-28(15-13-25)31-32(29-16-18-35-33(37-29)36-24-34(2,3)4)40-21-17-27(23-30(40)38-31)22-26-10-7-19-39(5)20-8-11-26/h10,12-18,21,23H,6-9,11,19-20,22,24H2,1-5H3,(H,35,36,37)/b26-10-. The Hall–Kier alpha value is -3.51. The van der Waals surface area contributed by atoms with E-state index in [1.54, 1.807) is 5.57 Å². The minimum atomic E-state index is 0.131. The van der Waals surface area contributed by atoms with Crippen LogP contribution in [0.3, 0.4) is 0 Å². The highest BCUT2D eigenvalue weighted by atomic mass is 15.1. The molecule has 210 valence electrons. The number of nitrogens with zero attached hydrogens (tertiary/aromatic N) is 5. The molecule has 0 radical (unpaired) electrons. The van der Waals surface area contributed by atoms with Crippen molar-refractivity contribution >= 4 is 11.6 Å². The van der Waals surface area contributed by atoms with Crippen LogP contribution in [0.5, 0.6) is 0 Å². The second-order valence-electron chi connectivity index (χ2n) is 12.4. The Kier molecular flexibility index (Phi) is 8.65. The predicted molar refractivity (Wildman–Crippen MR) is 167 cm³/mol. The number of fused-ring (bicyclic) bond motifs is 1. The molecule has 3 aromatic heterocycles. The van der Waals surface area contributed by atoms with E-state index in [0.29, 0.717) is 5.95 Å². The van der Waals surface area contributed by atoms with Crippen molar-refractivity contribution in [1.82, 2.24) is 24.3 Å². The van der Waals surface area contributed by atoms with Gasteiger partial charge in [-0.3, -0.25) is 4.40 Å². The average Bonchev–Trinajstić information content (AvgIpc) is 3.30. The fraction of sp³-hybridized carbons (Fsp3) is 0.441. The summed E-state index contributed by atoms with van der Waals surface area (Å²) in [6.45, 7) is 11.9. The first-order valence-corrected chi connectivity index (χ1v) is 14.8. The van der Waals surface area contributed by atoms with Gasteiger partial charge in [-0.1, -0.05) is 70.0 Å². The van der Waals surface area contributed by atoms with Crippen LogP contribution in [0, 0.1) is 5.41 Å². The first-order chi connectivity index (χ1) is 19.3. The van der Waals surface area contributed by atoms with E-state index in [1.807, 2.05) is 12.3 Å². The first-order valence-electron chi connectivity index (χ1n) is 14.8. The van der Waals surface area contributed by atoms with E-state index < -0.39 is 0 Å². The number of benzene rings is 1. The molecule has 1 aliphatic heterocycles. The van der Waals surface area contributed by atoms with E-state index in [2.05, 4.69) is 103 Å². The Morgan fingerprint density at radius 1 is 0.975 bits per heavy atom. The quantitative estimate of drug-likeness (QED) is 0.237. The topological polar surface area (TPSA) is 58.4 Å². The van der Waals surface area contributed by atoms with E-state index in [1.165, 1.54) is 24.1 Å². The second-order valence-corrected chi connectivity index (χ2v) is 12.4. The van der Waals surface area contributed by atoms with Crippen LogP contribution in [-0.2, 0) is 12.8 Å².